The molecule has 0 atom stereocenters. The summed E-state index contributed by atoms with van der Waals surface area (Å²) >= 11 is 0. The monoisotopic (exact) mass is 375 g/mol. The molecule has 1 aromatic carbocycles. The van der Waals surface area contributed by atoms with Gasteiger partial charge in [0.25, 0.3) is 5.91 Å². The summed E-state index contributed by atoms with van der Waals surface area (Å²) in [6.07, 6.45) is 0. The molecule has 2 heterocycles. The van der Waals surface area contributed by atoms with E-state index in [0.29, 0.717) is 11.3 Å². The molecule has 0 aliphatic rings. The highest BCUT2D eigenvalue weighted by Gasteiger charge is 2.17. The van der Waals surface area contributed by atoms with E-state index in [9.17, 15) is 13.6 Å². The second-order valence-corrected chi connectivity index (χ2v) is 6.01. The molecule has 27 heavy (non-hydrogen) atoms. The maximum absolute atomic E-state index is 12.5. The van der Waals surface area contributed by atoms with Crippen molar-refractivity contribution in [3.8, 4) is 17.0 Å². The minimum Gasteiger partial charge on any atom is -0.434 e. The molecular formula is C18H19F2N5O2. The molecule has 9 heteroatoms. The number of hydrogen-bond donors (Lipinski definition) is 2. The Morgan fingerprint density at radius 2 is 2.07 bits per heavy atom. The second-order valence-electron chi connectivity index (χ2n) is 6.01. The molecule has 2 aromatic heterocycles. The van der Waals surface area contributed by atoms with E-state index in [1.807, 2.05) is 20.9 Å². The van der Waals surface area contributed by atoms with Crippen LogP contribution in [0, 0.1) is 13.8 Å². The molecule has 7 nitrogen and oxygen atoms in total. The van der Waals surface area contributed by atoms with Crippen LogP contribution >= 0.6 is 0 Å². The number of nitrogens with zero attached hydrogens (tertiary/aromatic N) is 3. The number of rotatable bonds is 6. The summed E-state index contributed by atoms with van der Waals surface area (Å²) in [6.45, 7) is 0.907. The quantitative estimate of drug-likeness (QED) is 0.694. The number of aromatic amines is 1. The summed E-state index contributed by atoms with van der Waals surface area (Å²) in [4.78, 5) is 12.4. The van der Waals surface area contributed by atoms with Crippen molar-refractivity contribution >= 4 is 5.91 Å². The SMILES string of the molecule is Cc1nn(C)c(C)c1-c1cc(C(=O)NCc2ccccc2OC(F)F)[nH]n1. The molecule has 0 spiro atoms. The minimum atomic E-state index is -2.93. The van der Waals surface area contributed by atoms with E-state index < -0.39 is 12.5 Å². The molecule has 0 aliphatic carbocycles. The van der Waals surface area contributed by atoms with Crippen LogP contribution in [0.4, 0.5) is 8.78 Å². The van der Waals surface area contributed by atoms with Crippen LogP contribution in [-0.2, 0) is 13.6 Å². The lowest BCUT2D eigenvalue weighted by atomic mass is 10.1. The number of para-hydroxylation sites is 1. The number of halogens is 2. The smallest absolute Gasteiger partial charge is 0.387 e. The average Bonchev–Trinajstić information content (AvgIpc) is 3.18. The van der Waals surface area contributed by atoms with Crippen molar-refractivity contribution in [3.63, 3.8) is 0 Å². The Morgan fingerprint density at radius 3 is 2.74 bits per heavy atom. The summed E-state index contributed by atoms with van der Waals surface area (Å²) in [6, 6.07) is 7.94. The van der Waals surface area contributed by atoms with E-state index in [1.54, 1.807) is 28.9 Å². The molecule has 142 valence electrons. The zero-order valence-electron chi connectivity index (χ0n) is 15.1. The predicted molar refractivity (Wildman–Crippen MR) is 94.5 cm³/mol. The first-order valence-electron chi connectivity index (χ1n) is 8.23. The van der Waals surface area contributed by atoms with Crippen LogP contribution in [-0.4, -0.2) is 32.5 Å². The molecule has 0 saturated heterocycles. The molecule has 0 unspecified atom stereocenters. The third kappa shape index (κ3) is 3.97. The van der Waals surface area contributed by atoms with Crippen molar-refractivity contribution in [1.82, 2.24) is 25.3 Å². The topological polar surface area (TPSA) is 84.8 Å². The van der Waals surface area contributed by atoms with E-state index in [4.69, 9.17) is 0 Å². The van der Waals surface area contributed by atoms with Gasteiger partial charge in [-0.05, 0) is 26.0 Å². The van der Waals surface area contributed by atoms with E-state index in [2.05, 4.69) is 25.3 Å². The Balaban J connectivity index is 1.72. The highest BCUT2D eigenvalue weighted by Crippen LogP contribution is 2.25. The lowest BCUT2D eigenvalue weighted by Crippen LogP contribution is -2.23. The fourth-order valence-electron chi connectivity index (χ4n) is 2.84. The van der Waals surface area contributed by atoms with E-state index in [1.165, 1.54) is 6.07 Å². The molecule has 3 aromatic rings. The van der Waals surface area contributed by atoms with Crippen LogP contribution in [0.15, 0.2) is 30.3 Å². The minimum absolute atomic E-state index is 0.0275. The number of H-pyrrole nitrogens is 1. The molecule has 0 bridgehead atoms. The number of hydrogen-bond acceptors (Lipinski definition) is 4. The lowest BCUT2D eigenvalue weighted by molar-refractivity contribution is -0.0504. The van der Waals surface area contributed by atoms with Crippen LogP contribution in [0.3, 0.4) is 0 Å². The van der Waals surface area contributed by atoms with Crippen LogP contribution in [0.5, 0.6) is 5.75 Å². The largest absolute Gasteiger partial charge is 0.434 e. The third-order valence-electron chi connectivity index (χ3n) is 4.22. The van der Waals surface area contributed by atoms with Gasteiger partial charge in [-0.15, -0.1) is 0 Å². The summed E-state index contributed by atoms with van der Waals surface area (Å²) in [5.74, 6) is -0.375. The Morgan fingerprint density at radius 1 is 1.33 bits per heavy atom. The molecule has 0 radical (unpaired) electrons. The molecular weight excluding hydrogens is 356 g/mol. The van der Waals surface area contributed by atoms with Gasteiger partial charge in [-0.25, -0.2) is 0 Å². The number of benzene rings is 1. The van der Waals surface area contributed by atoms with Gasteiger partial charge in [0.05, 0.1) is 11.4 Å². The van der Waals surface area contributed by atoms with Crippen molar-refractivity contribution in [1.29, 1.82) is 0 Å². The van der Waals surface area contributed by atoms with Crippen molar-refractivity contribution in [2.45, 2.75) is 27.0 Å². The highest BCUT2D eigenvalue weighted by molar-refractivity contribution is 5.93. The van der Waals surface area contributed by atoms with Gasteiger partial charge in [0, 0.05) is 30.4 Å². The number of aromatic nitrogens is 4. The van der Waals surface area contributed by atoms with Crippen molar-refractivity contribution in [2.75, 3.05) is 0 Å². The first kappa shape index (κ1) is 18.6. The Bertz CT molecular complexity index is 965. The lowest BCUT2D eigenvalue weighted by Gasteiger charge is -2.10. The van der Waals surface area contributed by atoms with Crippen LogP contribution in [0.25, 0.3) is 11.3 Å². The summed E-state index contributed by atoms with van der Waals surface area (Å²) in [5.41, 5.74) is 3.94. The molecule has 3 rings (SSSR count). The average molecular weight is 375 g/mol. The zero-order chi connectivity index (χ0) is 19.6. The Kier molecular flexibility index (Phi) is 5.20. The fraction of sp³-hybridized carbons (Fsp3) is 0.278. The van der Waals surface area contributed by atoms with Gasteiger partial charge in [-0.3, -0.25) is 14.6 Å². The van der Waals surface area contributed by atoms with Crippen molar-refractivity contribution in [3.05, 3.63) is 53.0 Å². The number of alkyl halides is 2. The number of aryl methyl sites for hydroxylation is 2. The predicted octanol–water partition coefficient (Wildman–Crippen LogP) is 2.96. The first-order valence-corrected chi connectivity index (χ1v) is 8.23. The number of amides is 1. The molecule has 0 fully saturated rings. The van der Waals surface area contributed by atoms with E-state index in [0.717, 1.165) is 17.0 Å². The summed E-state index contributed by atoms with van der Waals surface area (Å²) in [7, 11) is 1.84. The van der Waals surface area contributed by atoms with Gasteiger partial charge in [-0.2, -0.15) is 19.0 Å². The number of carbonyl (C=O) groups excluding carboxylic acids is 1. The van der Waals surface area contributed by atoms with Crippen LogP contribution < -0.4 is 10.1 Å². The fourth-order valence-corrected chi connectivity index (χ4v) is 2.84. The summed E-state index contributed by atoms with van der Waals surface area (Å²) < 4.78 is 31.1. The molecule has 1 amide bonds. The van der Waals surface area contributed by atoms with Gasteiger partial charge in [-0.1, -0.05) is 18.2 Å². The molecule has 0 saturated carbocycles. The van der Waals surface area contributed by atoms with Crippen molar-refractivity contribution < 1.29 is 18.3 Å². The maximum Gasteiger partial charge on any atom is 0.387 e. The van der Waals surface area contributed by atoms with Crippen molar-refractivity contribution in [2.24, 2.45) is 7.05 Å². The standard InChI is InChI=1S/C18H19F2N5O2/c1-10-16(11(2)25(3)24-10)13-8-14(23-22-13)17(26)21-9-12-6-4-5-7-15(12)27-18(19)20/h4-8,18H,9H2,1-3H3,(H,21,26)(H,22,23). The van der Waals surface area contributed by atoms with E-state index >= 15 is 0 Å². The van der Waals surface area contributed by atoms with Crippen LogP contribution in [0.2, 0.25) is 0 Å². The zero-order valence-corrected chi connectivity index (χ0v) is 15.1. The molecule has 0 aliphatic heterocycles. The van der Waals surface area contributed by atoms with Crippen LogP contribution in [0.1, 0.15) is 27.4 Å². The Hall–Kier alpha value is -3.23. The van der Waals surface area contributed by atoms with Gasteiger partial charge in [0.2, 0.25) is 0 Å². The third-order valence-corrected chi connectivity index (χ3v) is 4.22. The second kappa shape index (κ2) is 7.56. The normalized spacial score (nSPS) is 11.0. The number of ether oxygens (including phenoxy) is 1. The highest BCUT2D eigenvalue weighted by atomic mass is 19.3. The molecule has 2 N–H and O–H groups in total. The van der Waals surface area contributed by atoms with Gasteiger partial charge in [0.15, 0.2) is 0 Å². The Labute approximate surface area is 154 Å². The van der Waals surface area contributed by atoms with Gasteiger partial charge in [0.1, 0.15) is 11.4 Å². The number of carbonyl (C=O) groups is 1. The van der Waals surface area contributed by atoms with Gasteiger partial charge >= 0.3 is 6.61 Å². The summed E-state index contributed by atoms with van der Waals surface area (Å²) in [5, 5.41) is 13.9. The maximum atomic E-state index is 12.5. The first-order chi connectivity index (χ1) is 12.9. The van der Waals surface area contributed by atoms with Gasteiger partial charge < -0.3 is 10.1 Å². The number of nitrogens with one attached hydrogen (secondary N) is 2. The van der Waals surface area contributed by atoms with E-state index in [-0.39, 0.29) is 18.0 Å².